The Kier molecular flexibility index (Phi) is 5.33. The van der Waals surface area contributed by atoms with Crippen molar-refractivity contribution in [1.29, 1.82) is 0 Å². The predicted molar refractivity (Wildman–Crippen MR) is 73.8 cm³/mol. The second-order valence-electron chi connectivity index (χ2n) is 4.98. The lowest BCUT2D eigenvalue weighted by Crippen LogP contribution is -2.40. The maximum Gasteiger partial charge on any atom is 0.333 e. The molecule has 0 aromatic rings. The zero-order valence-corrected chi connectivity index (χ0v) is 13.1. The average Bonchev–Trinajstić information content (AvgIpc) is 2.26. The molecular formula is C11H19NO6S2. The normalized spacial score (nSPS) is 24.1. The fraction of sp³-hybridized carbons (Fsp3) is 0.727. The monoisotopic (exact) mass is 325 g/mol. The van der Waals surface area contributed by atoms with Crippen LogP contribution < -0.4 is 4.13 Å². The van der Waals surface area contributed by atoms with Crippen LogP contribution in [0, 0.1) is 0 Å². The van der Waals surface area contributed by atoms with Crippen LogP contribution in [0.3, 0.4) is 0 Å². The van der Waals surface area contributed by atoms with Gasteiger partial charge < -0.3 is 4.74 Å². The zero-order valence-electron chi connectivity index (χ0n) is 11.5. The van der Waals surface area contributed by atoms with Gasteiger partial charge in [-0.3, -0.25) is 0 Å². The number of nitrogens with one attached hydrogen (secondary N) is 1. The topological polar surface area (TPSA) is 107 Å². The molecule has 0 aliphatic heterocycles. The second kappa shape index (κ2) is 6.23. The highest BCUT2D eigenvalue weighted by Gasteiger charge is 2.33. The quantitative estimate of drug-likeness (QED) is 0.575. The number of hydrogen-bond acceptors (Lipinski definition) is 6. The largest absolute Gasteiger partial charge is 0.459 e. The minimum atomic E-state index is -3.91. The molecule has 1 saturated carbocycles. The number of rotatable bonds is 5. The standard InChI is InChI=1S/C11H19NO6S2/c1-8(2)11(13)18-9-4-6-10(7-5-9)20(16,17)12-19(3,14)15/h9-10,12H,1,4-7H2,2-3H3. The number of carbonyl (C=O) groups is 1. The van der Waals surface area contributed by atoms with E-state index in [4.69, 9.17) is 4.74 Å². The van der Waals surface area contributed by atoms with E-state index >= 15 is 0 Å². The molecule has 0 spiro atoms. The van der Waals surface area contributed by atoms with Crippen LogP contribution in [-0.2, 0) is 29.6 Å². The van der Waals surface area contributed by atoms with Crippen LogP contribution in [-0.4, -0.2) is 40.4 Å². The van der Waals surface area contributed by atoms with Crippen molar-refractivity contribution in [3.8, 4) is 0 Å². The fourth-order valence-corrected chi connectivity index (χ4v) is 5.12. The van der Waals surface area contributed by atoms with Gasteiger partial charge in [-0.15, -0.1) is 4.13 Å². The van der Waals surface area contributed by atoms with Gasteiger partial charge in [-0.1, -0.05) is 6.58 Å². The summed E-state index contributed by atoms with van der Waals surface area (Å²) < 4.78 is 52.5. The smallest absolute Gasteiger partial charge is 0.333 e. The molecule has 0 saturated heterocycles. The van der Waals surface area contributed by atoms with Crippen LogP contribution in [0.2, 0.25) is 0 Å². The van der Waals surface area contributed by atoms with Gasteiger partial charge in [-0.25, -0.2) is 21.6 Å². The summed E-state index contributed by atoms with van der Waals surface area (Å²) in [6, 6.07) is 0. The van der Waals surface area contributed by atoms with Crippen molar-refractivity contribution in [1.82, 2.24) is 4.13 Å². The Labute approximate surface area is 119 Å². The average molecular weight is 325 g/mol. The Hall–Kier alpha value is -0.930. The molecule has 1 aliphatic carbocycles. The van der Waals surface area contributed by atoms with E-state index in [1.165, 1.54) is 6.92 Å². The van der Waals surface area contributed by atoms with Crippen molar-refractivity contribution in [2.24, 2.45) is 0 Å². The zero-order chi connectivity index (χ0) is 15.6. The maximum absolute atomic E-state index is 11.8. The third kappa shape index (κ3) is 5.22. The van der Waals surface area contributed by atoms with Crippen molar-refractivity contribution in [3.63, 3.8) is 0 Å². The third-order valence-corrected chi connectivity index (χ3v) is 6.44. The molecule has 1 fully saturated rings. The van der Waals surface area contributed by atoms with E-state index in [-0.39, 0.29) is 18.9 Å². The summed E-state index contributed by atoms with van der Waals surface area (Å²) in [4.78, 5) is 11.3. The third-order valence-electron chi connectivity index (χ3n) is 2.95. The Morgan fingerprint density at radius 3 is 2.05 bits per heavy atom. The minimum absolute atomic E-state index is 0.249. The molecule has 0 aromatic carbocycles. The van der Waals surface area contributed by atoms with Crippen molar-refractivity contribution in [2.45, 2.75) is 44.0 Å². The molecule has 9 heteroatoms. The van der Waals surface area contributed by atoms with Crippen LogP contribution in [0.25, 0.3) is 0 Å². The van der Waals surface area contributed by atoms with Crippen molar-refractivity contribution in [2.75, 3.05) is 6.26 Å². The highest BCUT2D eigenvalue weighted by molar-refractivity contribution is 8.04. The fourth-order valence-electron chi connectivity index (χ4n) is 1.99. The molecule has 0 heterocycles. The van der Waals surface area contributed by atoms with Gasteiger partial charge in [0.2, 0.25) is 20.0 Å². The number of ether oxygens (including phenoxy) is 1. The second-order valence-corrected chi connectivity index (χ2v) is 8.95. The van der Waals surface area contributed by atoms with E-state index in [1.807, 2.05) is 0 Å². The Balaban J connectivity index is 2.58. The van der Waals surface area contributed by atoms with Crippen LogP contribution in [0.5, 0.6) is 0 Å². The molecule has 0 aromatic heterocycles. The van der Waals surface area contributed by atoms with E-state index < -0.39 is 31.3 Å². The molecule has 0 unspecified atom stereocenters. The SMILES string of the molecule is C=C(C)C(=O)OC1CCC(S(=O)(=O)NS(C)(=O)=O)CC1. The molecular weight excluding hydrogens is 306 g/mol. The first-order valence-electron chi connectivity index (χ1n) is 6.10. The van der Waals surface area contributed by atoms with E-state index in [9.17, 15) is 21.6 Å². The maximum atomic E-state index is 11.8. The summed E-state index contributed by atoms with van der Waals surface area (Å²) in [5.74, 6) is -0.495. The van der Waals surface area contributed by atoms with Gasteiger partial charge in [-0.2, -0.15) is 0 Å². The van der Waals surface area contributed by atoms with E-state index in [1.54, 1.807) is 4.13 Å². The number of carbonyl (C=O) groups excluding carboxylic acids is 1. The Bertz CT molecular complexity index is 584. The van der Waals surface area contributed by atoms with Gasteiger partial charge in [0.1, 0.15) is 6.10 Å². The highest BCUT2D eigenvalue weighted by Crippen LogP contribution is 2.26. The molecule has 20 heavy (non-hydrogen) atoms. The Morgan fingerprint density at radius 2 is 1.65 bits per heavy atom. The molecule has 1 rings (SSSR count). The van der Waals surface area contributed by atoms with Gasteiger partial charge in [0.25, 0.3) is 0 Å². The van der Waals surface area contributed by atoms with Gasteiger partial charge >= 0.3 is 5.97 Å². The van der Waals surface area contributed by atoms with Crippen molar-refractivity contribution >= 4 is 26.0 Å². The molecule has 0 radical (unpaired) electrons. The summed E-state index contributed by atoms with van der Waals surface area (Å²) >= 11 is 0. The number of esters is 1. The van der Waals surface area contributed by atoms with Gasteiger partial charge in [-0.05, 0) is 32.6 Å². The van der Waals surface area contributed by atoms with Crippen molar-refractivity contribution in [3.05, 3.63) is 12.2 Å². The summed E-state index contributed by atoms with van der Waals surface area (Å²) in [5.41, 5.74) is 0.290. The summed E-state index contributed by atoms with van der Waals surface area (Å²) in [7, 11) is -7.72. The first kappa shape index (κ1) is 17.1. The van der Waals surface area contributed by atoms with E-state index in [2.05, 4.69) is 6.58 Å². The molecule has 1 aliphatic rings. The van der Waals surface area contributed by atoms with Gasteiger partial charge in [0.05, 0.1) is 11.5 Å². The molecule has 1 N–H and O–H groups in total. The molecule has 116 valence electrons. The number of sulfonamides is 2. The first-order valence-corrected chi connectivity index (χ1v) is 9.54. The molecule has 0 bridgehead atoms. The van der Waals surface area contributed by atoms with Gasteiger partial charge in [0, 0.05) is 5.57 Å². The molecule has 0 amide bonds. The number of hydrogen-bond donors (Lipinski definition) is 1. The first-order chi connectivity index (χ1) is 9.01. The molecule has 7 nitrogen and oxygen atoms in total. The van der Waals surface area contributed by atoms with Gasteiger partial charge in [0.15, 0.2) is 0 Å². The lowest BCUT2D eigenvalue weighted by molar-refractivity contribution is -0.145. The van der Waals surface area contributed by atoms with E-state index in [0.29, 0.717) is 18.4 Å². The minimum Gasteiger partial charge on any atom is -0.459 e. The summed E-state index contributed by atoms with van der Waals surface area (Å²) in [5, 5.41) is -0.781. The van der Waals surface area contributed by atoms with Crippen molar-refractivity contribution < 1.29 is 26.4 Å². The van der Waals surface area contributed by atoms with Crippen LogP contribution in [0.15, 0.2) is 12.2 Å². The summed E-state index contributed by atoms with van der Waals surface area (Å²) in [6.45, 7) is 5.00. The predicted octanol–water partition coefficient (Wildman–Crippen LogP) is 0.296. The lowest BCUT2D eigenvalue weighted by atomic mass is 9.97. The van der Waals surface area contributed by atoms with Crippen LogP contribution in [0.1, 0.15) is 32.6 Å². The molecule has 0 atom stereocenters. The Morgan fingerprint density at radius 1 is 1.15 bits per heavy atom. The van der Waals surface area contributed by atoms with E-state index in [0.717, 1.165) is 6.26 Å². The lowest BCUT2D eigenvalue weighted by Gasteiger charge is -2.27. The summed E-state index contributed by atoms with van der Waals surface area (Å²) in [6.07, 6.45) is 1.72. The highest BCUT2D eigenvalue weighted by atomic mass is 32.3. The van der Waals surface area contributed by atoms with Crippen LogP contribution in [0.4, 0.5) is 0 Å². The van der Waals surface area contributed by atoms with Crippen LogP contribution >= 0.6 is 0 Å².